The van der Waals surface area contributed by atoms with Crippen molar-refractivity contribution in [1.82, 2.24) is 15.4 Å². The van der Waals surface area contributed by atoms with Gasteiger partial charge in [-0.1, -0.05) is 0 Å². The molecule has 0 aromatic heterocycles. The van der Waals surface area contributed by atoms with Gasteiger partial charge in [0.05, 0.1) is 6.26 Å². The Morgan fingerprint density at radius 2 is 1.70 bits per heavy atom. The predicted molar refractivity (Wildman–Crippen MR) is 90.9 cm³/mol. The van der Waals surface area contributed by atoms with Crippen molar-refractivity contribution in [2.75, 3.05) is 12.8 Å². The van der Waals surface area contributed by atoms with Gasteiger partial charge in [0, 0.05) is 24.2 Å². The molecule has 3 N–H and O–H groups in total. The van der Waals surface area contributed by atoms with Gasteiger partial charge in [-0.15, -0.1) is 0 Å². The summed E-state index contributed by atoms with van der Waals surface area (Å²) in [5.74, 6) is 0. The second-order valence-corrected chi connectivity index (χ2v) is 9.74. The number of alkyl carbamates (subject to hydrolysis) is 1. The van der Waals surface area contributed by atoms with Crippen LogP contribution in [0.1, 0.15) is 53.9 Å². The van der Waals surface area contributed by atoms with Crippen LogP contribution in [0, 0.1) is 0 Å². The van der Waals surface area contributed by atoms with E-state index in [1.165, 1.54) is 0 Å². The monoisotopic (exact) mass is 349 g/mol. The topological polar surface area (TPSA) is 96.5 Å². The molecule has 1 saturated carbocycles. The van der Waals surface area contributed by atoms with Gasteiger partial charge in [0.2, 0.25) is 10.0 Å². The average molecular weight is 349 g/mol. The van der Waals surface area contributed by atoms with Crippen LogP contribution >= 0.6 is 0 Å². The summed E-state index contributed by atoms with van der Waals surface area (Å²) in [5, 5.41) is 6.26. The number of rotatable bonds is 6. The van der Waals surface area contributed by atoms with E-state index in [0.717, 1.165) is 25.5 Å². The van der Waals surface area contributed by atoms with Crippen LogP contribution in [0.3, 0.4) is 0 Å². The molecule has 1 aliphatic rings. The summed E-state index contributed by atoms with van der Waals surface area (Å²) >= 11 is 0. The van der Waals surface area contributed by atoms with Gasteiger partial charge < -0.3 is 15.4 Å². The van der Waals surface area contributed by atoms with Gasteiger partial charge >= 0.3 is 6.09 Å². The Morgan fingerprint density at radius 1 is 1.13 bits per heavy atom. The van der Waals surface area contributed by atoms with Crippen LogP contribution in [-0.2, 0) is 14.8 Å². The fraction of sp³-hybridized carbons (Fsp3) is 0.933. The van der Waals surface area contributed by atoms with E-state index in [-0.39, 0.29) is 18.2 Å². The number of sulfonamides is 1. The average Bonchev–Trinajstić information content (AvgIpc) is 2.68. The highest BCUT2D eigenvalue weighted by atomic mass is 32.2. The molecule has 0 bridgehead atoms. The summed E-state index contributed by atoms with van der Waals surface area (Å²) < 4.78 is 30.5. The van der Waals surface area contributed by atoms with Gasteiger partial charge in [-0.25, -0.2) is 17.9 Å². The lowest BCUT2D eigenvalue weighted by atomic mass is 10.1. The maximum absolute atomic E-state index is 11.8. The smallest absolute Gasteiger partial charge is 0.407 e. The number of hydrogen-bond acceptors (Lipinski definition) is 5. The molecule has 1 fully saturated rings. The number of nitrogens with one attached hydrogen (secondary N) is 3. The molecule has 1 rings (SSSR count). The van der Waals surface area contributed by atoms with E-state index in [2.05, 4.69) is 15.4 Å². The predicted octanol–water partition coefficient (Wildman–Crippen LogP) is 1.35. The molecule has 1 aliphatic carbocycles. The zero-order valence-corrected chi connectivity index (χ0v) is 15.8. The van der Waals surface area contributed by atoms with Crippen molar-refractivity contribution < 1.29 is 17.9 Å². The first-order chi connectivity index (χ1) is 10.3. The van der Waals surface area contributed by atoms with Crippen molar-refractivity contribution in [3.63, 3.8) is 0 Å². The van der Waals surface area contributed by atoms with Crippen molar-refractivity contribution in [2.24, 2.45) is 0 Å². The number of amides is 1. The first-order valence-corrected chi connectivity index (χ1v) is 9.87. The van der Waals surface area contributed by atoms with Gasteiger partial charge in [0.25, 0.3) is 0 Å². The molecule has 1 amide bonds. The van der Waals surface area contributed by atoms with E-state index in [4.69, 9.17) is 4.74 Å². The molecule has 2 atom stereocenters. The fourth-order valence-corrected chi connectivity index (χ4v) is 3.79. The van der Waals surface area contributed by atoms with Crippen LogP contribution in [0.2, 0.25) is 0 Å². The minimum absolute atomic E-state index is 0.0910. The minimum Gasteiger partial charge on any atom is -0.444 e. The number of carbonyl (C=O) groups is 1. The third kappa shape index (κ3) is 9.12. The quantitative estimate of drug-likeness (QED) is 0.673. The van der Waals surface area contributed by atoms with Crippen LogP contribution in [0.5, 0.6) is 0 Å². The van der Waals surface area contributed by atoms with E-state index >= 15 is 0 Å². The first kappa shape index (κ1) is 20.2. The summed E-state index contributed by atoms with van der Waals surface area (Å²) in [5.41, 5.74) is -1.05. The summed E-state index contributed by atoms with van der Waals surface area (Å²) in [6.07, 6.45) is 3.41. The zero-order chi connectivity index (χ0) is 17.9. The maximum Gasteiger partial charge on any atom is 0.407 e. The number of ether oxygens (including phenoxy) is 1. The van der Waals surface area contributed by atoms with Gasteiger partial charge in [0.1, 0.15) is 5.60 Å². The van der Waals surface area contributed by atoms with E-state index in [1.807, 2.05) is 34.6 Å². The van der Waals surface area contributed by atoms with Crippen LogP contribution in [0.25, 0.3) is 0 Å². The minimum atomic E-state index is -3.24. The van der Waals surface area contributed by atoms with E-state index in [1.54, 1.807) is 0 Å². The third-order valence-electron chi connectivity index (χ3n) is 3.45. The Hall–Kier alpha value is -0.860. The summed E-state index contributed by atoms with van der Waals surface area (Å²) in [4.78, 5) is 11.8. The lowest BCUT2D eigenvalue weighted by Crippen LogP contribution is -2.51. The molecular formula is C15H31N3O4S. The van der Waals surface area contributed by atoms with Gasteiger partial charge in [-0.3, -0.25) is 0 Å². The Morgan fingerprint density at radius 3 is 2.22 bits per heavy atom. The molecule has 136 valence electrons. The SMILES string of the molecule is CC(C)(CNC1CCC(NC(=O)OC(C)(C)C)C1)NS(C)(=O)=O. The zero-order valence-electron chi connectivity index (χ0n) is 15.0. The molecule has 23 heavy (non-hydrogen) atoms. The largest absolute Gasteiger partial charge is 0.444 e. The molecule has 8 heteroatoms. The first-order valence-electron chi connectivity index (χ1n) is 7.98. The maximum atomic E-state index is 11.8. The summed E-state index contributed by atoms with van der Waals surface area (Å²) in [6.45, 7) is 9.72. The highest BCUT2D eigenvalue weighted by Crippen LogP contribution is 2.20. The van der Waals surface area contributed by atoms with Crippen LogP contribution in [0.4, 0.5) is 4.79 Å². The highest BCUT2D eigenvalue weighted by Gasteiger charge is 2.29. The second-order valence-electron chi connectivity index (χ2n) is 7.99. The lowest BCUT2D eigenvalue weighted by Gasteiger charge is -2.27. The third-order valence-corrected chi connectivity index (χ3v) is 4.37. The molecular weight excluding hydrogens is 318 g/mol. The van der Waals surface area contributed by atoms with Gasteiger partial charge in [-0.05, 0) is 53.9 Å². The normalized spacial score (nSPS) is 22.9. The highest BCUT2D eigenvalue weighted by molar-refractivity contribution is 7.88. The molecule has 0 aromatic carbocycles. The van der Waals surface area contributed by atoms with E-state index < -0.39 is 21.2 Å². The summed E-state index contributed by atoms with van der Waals surface area (Å²) in [7, 11) is -3.24. The molecule has 7 nitrogen and oxygen atoms in total. The molecule has 0 saturated heterocycles. The van der Waals surface area contributed by atoms with Crippen molar-refractivity contribution in [3.05, 3.63) is 0 Å². The van der Waals surface area contributed by atoms with Crippen molar-refractivity contribution in [1.29, 1.82) is 0 Å². The van der Waals surface area contributed by atoms with E-state index in [0.29, 0.717) is 6.54 Å². The van der Waals surface area contributed by atoms with Crippen LogP contribution < -0.4 is 15.4 Å². The number of hydrogen-bond donors (Lipinski definition) is 3. The summed E-state index contributed by atoms with van der Waals surface area (Å²) in [6, 6.07) is 0.351. The molecule has 0 spiro atoms. The Labute approximate surface area is 140 Å². The van der Waals surface area contributed by atoms with Crippen LogP contribution in [-0.4, -0.2) is 50.5 Å². The Balaban J connectivity index is 2.36. The van der Waals surface area contributed by atoms with Crippen molar-refractivity contribution >= 4 is 16.1 Å². The Bertz CT molecular complexity index is 511. The standard InChI is InChI=1S/C15H31N3O4S/c1-14(2,3)22-13(19)17-12-8-7-11(9-12)16-10-15(4,5)18-23(6,20)21/h11-12,16,18H,7-10H2,1-6H3,(H,17,19). The van der Waals surface area contributed by atoms with Crippen LogP contribution in [0.15, 0.2) is 0 Å². The molecule has 2 unspecified atom stereocenters. The second kappa shape index (κ2) is 7.36. The molecule has 0 aliphatic heterocycles. The molecule has 0 heterocycles. The van der Waals surface area contributed by atoms with E-state index in [9.17, 15) is 13.2 Å². The van der Waals surface area contributed by atoms with Crippen molar-refractivity contribution in [3.8, 4) is 0 Å². The fourth-order valence-electron chi connectivity index (χ4n) is 2.71. The number of carbonyl (C=O) groups excluding carboxylic acids is 1. The van der Waals surface area contributed by atoms with Gasteiger partial charge in [0.15, 0.2) is 0 Å². The molecule has 0 radical (unpaired) electrons. The lowest BCUT2D eigenvalue weighted by molar-refractivity contribution is 0.0505. The van der Waals surface area contributed by atoms with Gasteiger partial charge in [-0.2, -0.15) is 0 Å². The Kier molecular flexibility index (Phi) is 6.46. The van der Waals surface area contributed by atoms with Crippen molar-refractivity contribution in [2.45, 2.75) is 77.1 Å². The molecule has 0 aromatic rings.